The van der Waals surface area contributed by atoms with Gasteiger partial charge in [-0.05, 0) is 28.8 Å². The predicted molar refractivity (Wildman–Crippen MR) is 86.0 cm³/mol. The van der Waals surface area contributed by atoms with Gasteiger partial charge in [0.25, 0.3) is 5.91 Å². The van der Waals surface area contributed by atoms with Gasteiger partial charge in [-0.3, -0.25) is 4.79 Å². The number of amides is 1. The number of hydrogen-bond acceptors (Lipinski definition) is 5. The predicted octanol–water partition coefficient (Wildman–Crippen LogP) is 2.68. The number of carbonyl (C=O) groups excluding carboxylic acids is 1. The Morgan fingerprint density at radius 2 is 2.24 bits per heavy atom. The van der Waals surface area contributed by atoms with Crippen molar-refractivity contribution in [1.29, 1.82) is 0 Å². The maximum absolute atomic E-state index is 12.3. The van der Waals surface area contributed by atoms with E-state index in [-0.39, 0.29) is 11.8 Å². The molecule has 2 rings (SSSR count). The minimum atomic E-state index is -0.168. The normalized spacial score (nSPS) is 10.7. The number of thiophene rings is 1. The van der Waals surface area contributed by atoms with Crippen LogP contribution in [0.1, 0.15) is 41.6 Å². The molecule has 0 radical (unpaired) electrons. The molecule has 0 spiro atoms. The van der Waals surface area contributed by atoms with Gasteiger partial charge in [0.2, 0.25) is 0 Å². The number of aromatic nitrogens is 2. The fraction of sp³-hybridized carbons (Fsp3) is 0.400. The fourth-order valence-electron chi connectivity index (χ4n) is 1.87. The van der Waals surface area contributed by atoms with Crippen molar-refractivity contribution >= 4 is 22.9 Å². The largest absolute Gasteiger partial charge is 0.385 e. The van der Waals surface area contributed by atoms with Gasteiger partial charge in [-0.1, -0.05) is 13.8 Å². The van der Waals surface area contributed by atoms with Gasteiger partial charge in [-0.2, -0.15) is 11.3 Å². The quantitative estimate of drug-likeness (QED) is 0.861. The molecule has 21 heavy (non-hydrogen) atoms. The van der Waals surface area contributed by atoms with Gasteiger partial charge in [0.05, 0.1) is 11.9 Å². The number of rotatable bonds is 6. The lowest BCUT2D eigenvalue weighted by Gasteiger charge is -2.11. The van der Waals surface area contributed by atoms with Gasteiger partial charge in [-0.15, -0.1) is 0 Å². The third-order valence-corrected chi connectivity index (χ3v) is 3.82. The molecule has 0 aromatic carbocycles. The molecule has 2 aromatic heterocycles. The summed E-state index contributed by atoms with van der Waals surface area (Å²) in [4.78, 5) is 20.9. The highest BCUT2D eigenvalue weighted by molar-refractivity contribution is 7.07. The minimum Gasteiger partial charge on any atom is -0.385 e. The number of anilines is 1. The molecule has 112 valence electrons. The van der Waals surface area contributed by atoms with Crippen LogP contribution in [0.15, 0.2) is 23.0 Å². The maximum atomic E-state index is 12.3. The van der Waals surface area contributed by atoms with E-state index in [2.05, 4.69) is 32.0 Å². The first-order valence-electron chi connectivity index (χ1n) is 6.95. The summed E-state index contributed by atoms with van der Waals surface area (Å²) in [5, 5.41) is 10.0. The first-order chi connectivity index (χ1) is 10.1. The van der Waals surface area contributed by atoms with Gasteiger partial charge in [-0.25, -0.2) is 9.97 Å². The van der Waals surface area contributed by atoms with Crippen molar-refractivity contribution in [3.63, 3.8) is 0 Å². The molecule has 0 atom stereocenters. The van der Waals surface area contributed by atoms with E-state index in [1.54, 1.807) is 24.6 Å². The van der Waals surface area contributed by atoms with E-state index < -0.39 is 0 Å². The van der Waals surface area contributed by atoms with Crippen LogP contribution in [0.25, 0.3) is 0 Å². The van der Waals surface area contributed by atoms with E-state index in [1.807, 2.05) is 19.2 Å². The SMILES string of the molecule is CNc1cnc(C(C)C)nc1C(=O)NCCc1ccsc1. The average Bonchev–Trinajstić information content (AvgIpc) is 2.99. The second-order valence-corrected chi connectivity index (χ2v) is 5.81. The van der Waals surface area contributed by atoms with Gasteiger partial charge < -0.3 is 10.6 Å². The summed E-state index contributed by atoms with van der Waals surface area (Å²) < 4.78 is 0. The summed E-state index contributed by atoms with van der Waals surface area (Å²) in [6, 6.07) is 2.07. The van der Waals surface area contributed by atoms with Gasteiger partial charge in [0.15, 0.2) is 5.69 Å². The highest BCUT2D eigenvalue weighted by Crippen LogP contribution is 2.15. The van der Waals surface area contributed by atoms with E-state index in [1.165, 1.54) is 5.56 Å². The van der Waals surface area contributed by atoms with Crippen LogP contribution in [-0.4, -0.2) is 29.5 Å². The number of nitrogens with one attached hydrogen (secondary N) is 2. The molecule has 1 amide bonds. The molecular weight excluding hydrogens is 284 g/mol. The van der Waals surface area contributed by atoms with E-state index in [9.17, 15) is 4.79 Å². The molecule has 6 heteroatoms. The van der Waals surface area contributed by atoms with Crippen molar-refractivity contribution in [3.8, 4) is 0 Å². The Hall–Kier alpha value is -1.95. The molecule has 2 heterocycles. The van der Waals surface area contributed by atoms with Crippen molar-refractivity contribution in [2.24, 2.45) is 0 Å². The van der Waals surface area contributed by atoms with Crippen molar-refractivity contribution in [2.75, 3.05) is 18.9 Å². The summed E-state index contributed by atoms with van der Waals surface area (Å²) in [7, 11) is 1.76. The second-order valence-electron chi connectivity index (χ2n) is 5.03. The smallest absolute Gasteiger partial charge is 0.272 e. The zero-order chi connectivity index (χ0) is 15.2. The lowest BCUT2D eigenvalue weighted by atomic mass is 10.2. The van der Waals surface area contributed by atoms with Crippen LogP contribution in [0.4, 0.5) is 5.69 Å². The Balaban J connectivity index is 2.04. The summed E-state index contributed by atoms with van der Waals surface area (Å²) >= 11 is 1.66. The Morgan fingerprint density at radius 3 is 2.86 bits per heavy atom. The second kappa shape index (κ2) is 7.17. The van der Waals surface area contributed by atoms with Crippen LogP contribution in [0.3, 0.4) is 0 Å². The minimum absolute atomic E-state index is 0.168. The molecule has 2 N–H and O–H groups in total. The zero-order valence-electron chi connectivity index (χ0n) is 12.5. The van der Waals surface area contributed by atoms with E-state index in [4.69, 9.17) is 0 Å². The molecular formula is C15H20N4OS. The van der Waals surface area contributed by atoms with E-state index in [0.717, 1.165) is 6.42 Å². The third-order valence-electron chi connectivity index (χ3n) is 3.09. The topological polar surface area (TPSA) is 66.9 Å². The van der Waals surface area contributed by atoms with Gasteiger partial charge in [0.1, 0.15) is 5.82 Å². The van der Waals surface area contributed by atoms with Crippen LogP contribution >= 0.6 is 11.3 Å². The summed E-state index contributed by atoms with van der Waals surface area (Å²) in [6.45, 7) is 4.61. The van der Waals surface area contributed by atoms with Crippen LogP contribution < -0.4 is 10.6 Å². The molecule has 0 aliphatic rings. The zero-order valence-corrected chi connectivity index (χ0v) is 13.3. The molecule has 0 unspecified atom stereocenters. The fourth-order valence-corrected chi connectivity index (χ4v) is 2.57. The van der Waals surface area contributed by atoms with Crippen LogP contribution in [0.2, 0.25) is 0 Å². The molecule has 0 aliphatic carbocycles. The highest BCUT2D eigenvalue weighted by atomic mass is 32.1. The molecule has 2 aromatic rings. The Labute approximate surface area is 128 Å². The van der Waals surface area contributed by atoms with Gasteiger partial charge in [0, 0.05) is 19.5 Å². The molecule has 5 nitrogen and oxygen atoms in total. The first kappa shape index (κ1) is 15.4. The Bertz CT molecular complexity index is 596. The molecule has 0 aliphatic heterocycles. The van der Waals surface area contributed by atoms with Crippen molar-refractivity contribution in [3.05, 3.63) is 40.1 Å². The van der Waals surface area contributed by atoms with Crippen LogP contribution in [0, 0.1) is 0 Å². The van der Waals surface area contributed by atoms with Crippen LogP contribution in [0.5, 0.6) is 0 Å². The van der Waals surface area contributed by atoms with Crippen molar-refractivity contribution in [1.82, 2.24) is 15.3 Å². The standard InChI is InChI=1S/C15H20N4OS/c1-10(2)14-18-8-12(16-3)13(19-14)15(20)17-6-4-11-5-7-21-9-11/h5,7-10,16H,4,6H2,1-3H3,(H,17,20). The van der Waals surface area contributed by atoms with Crippen LogP contribution in [-0.2, 0) is 6.42 Å². The average molecular weight is 304 g/mol. The van der Waals surface area contributed by atoms with Crippen molar-refractivity contribution in [2.45, 2.75) is 26.2 Å². The van der Waals surface area contributed by atoms with Crippen molar-refractivity contribution < 1.29 is 4.79 Å². The lowest BCUT2D eigenvalue weighted by Crippen LogP contribution is -2.28. The molecule has 0 fully saturated rings. The Morgan fingerprint density at radius 1 is 1.43 bits per heavy atom. The Kier molecular flexibility index (Phi) is 5.27. The van der Waals surface area contributed by atoms with Gasteiger partial charge >= 0.3 is 0 Å². The third kappa shape index (κ3) is 4.01. The monoisotopic (exact) mass is 304 g/mol. The summed E-state index contributed by atoms with van der Waals surface area (Å²) in [5.41, 5.74) is 2.29. The van der Waals surface area contributed by atoms with E-state index >= 15 is 0 Å². The van der Waals surface area contributed by atoms with E-state index in [0.29, 0.717) is 23.8 Å². The number of nitrogens with zero attached hydrogens (tertiary/aromatic N) is 2. The first-order valence-corrected chi connectivity index (χ1v) is 7.90. The summed E-state index contributed by atoms with van der Waals surface area (Å²) in [6.07, 6.45) is 2.49. The summed E-state index contributed by atoms with van der Waals surface area (Å²) in [5.74, 6) is 0.698. The molecule has 0 saturated heterocycles. The lowest BCUT2D eigenvalue weighted by molar-refractivity contribution is 0.0949. The molecule has 0 saturated carbocycles. The maximum Gasteiger partial charge on any atom is 0.272 e. The molecule has 0 bridgehead atoms. The number of hydrogen-bond donors (Lipinski definition) is 2. The number of carbonyl (C=O) groups is 1. The highest BCUT2D eigenvalue weighted by Gasteiger charge is 2.15.